The van der Waals surface area contributed by atoms with Gasteiger partial charge in [0.15, 0.2) is 0 Å². The monoisotopic (exact) mass is 280 g/mol. The minimum absolute atomic E-state index is 0.369. The summed E-state index contributed by atoms with van der Waals surface area (Å²) in [5.74, 6) is 0.561. The van der Waals surface area contributed by atoms with Gasteiger partial charge >= 0.3 is 0 Å². The van der Waals surface area contributed by atoms with Gasteiger partial charge in [-0.2, -0.15) is 11.8 Å². The Morgan fingerprint density at radius 1 is 1.47 bits per heavy atom. The Balaban J connectivity index is 2.61. The van der Waals surface area contributed by atoms with Crippen molar-refractivity contribution in [3.05, 3.63) is 23.8 Å². The summed E-state index contributed by atoms with van der Waals surface area (Å²) < 4.78 is 0. The van der Waals surface area contributed by atoms with Gasteiger partial charge in [-0.1, -0.05) is 44.6 Å². The van der Waals surface area contributed by atoms with E-state index in [-0.39, 0.29) is 0 Å². The molecule has 0 spiro atoms. The second kappa shape index (κ2) is 7.33. The molecule has 0 radical (unpaired) electrons. The Bertz CT molecular complexity index is 354. The van der Waals surface area contributed by atoms with Crippen molar-refractivity contribution in [3.63, 3.8) is 0 Å². The highest BCUT2D eigenvalue weighted by atomic mass is 32.2. The Kier molecular flexibility index (Phi) is 6.38. The quantitative estimate of drug-likeness (QED) is 0.502. The van der Waals surface area contributed by atoms with E-state index in [1.807, 2.05) is 11.8 Å². The minimum Gasteiger partial charge on any atom is -0.303 e. The Morgan fingerprint density at radius 3 is 2.74 bits per heavy atom. The summed E-state index contributed by atoms with van der Waals surface area (Å²) in [6.07, 6.45) is 11.2. The molecular weight excluding hydrogens is 252 g/mol. The molecule has 0 saturated carbocycles. The van der Waals surface area contributed by atoms with E-state index >= 15 is 0 Å². The van der Waals surface area contributed by atoms with Gasteiger partial charge in [-0.3, -0.25) is 0 Å². The zero-order chi connectivity index (χ0) is 14.5. The van der Waals surface area contributed by atoms with Gasteiger partial charge in [-0.05, 0) is 32.1 Å². The molecule has 0 aliphatic heterocycles. The van der Waals surface area contributed by atoms with E-state index in [9.17, 15) is 4.79 Å². The lowest BCUT2D eigenvalue weighted by atomic mass is 9.68. The van der Waals surface area contributed by atoms with Crippen molar-refractivity contribution in [2.45, 2.75) is 64.4 Å². The van der Waals surface area contributed by atoms with E-state index in [0.29, 0.717) is 28.3 Å². The van der Waals surface area contributed by atoms with E-state index < -0.39 is 0 Å². The summed E-state index contributed by atoms with van der Waals surface area (Å²) in [6.45, 7) is 11.3. The van der Waals surface area contributed by atoms with Crippen molar-refractivity contribution in [3.8, 4) is 0 Å². The molecule has 0 aromatic carbocycles. The van der Waals surface area contributed by atoms with Crippen LogP contribution in [0.3, 0.4) is 0 Å². The Hall–Kier alpha value is -0.500. The molecule has 19 heavy (non-hydrogen) atoms. The van der Waals surface area contributed by atoms with Crippen molar-refractivity contribution < 1.29 is 4.79 Å². The largest absolute Gasteiger partial charge is 0.303 e. The van der Waals surface area contributed by atoms with E-state index in [4.69, 9.17) is 0 Å². The second-order valence-corrected chi connectivity index (χ2v) is 8.21. The summed E-state index contributed by atoms with van der Waals surface area (Å²) in [5.41, 5.74) is 1.87. The predicted molar refractivity (Wildman–Crippen MR) is 86.6 cm³/mol. The maximum absolute atomic E-state index is 10.5. The fourth-order valence-corrected chi connectivity index (χ4v) is 3.96. The van der Waals surface area contributed by atoms with Gasteiger partial charge in [-0.15, -0.1) is 0 Å². The van der Waals surface area contributed by atoms with Crippen LogP contribution >= 0.6 is 11.8 Å². The van der Waals surface area contributed by atoms with Crippen LogP contribution in [0, 0.1) is 11.3 Å². The number of rotatable bonds is 6. The van der Waals surface area contributed by atoms with Crippen molar-refractivity contribution >= 4 is 18.0 Å². The highest BCUT2D eigenvalue weighted by molar-refractivity contribution is 8.00. The first kappa shape index (κ1) is 16.6. The van der Waals surface area contributed by atoms with Crippen LogP contribution in [0.5, 0.6) is 0 Å². The molecule has 3 atom stereocenters. The van der Waals surface area contributed by atoms with Crippen molar-refractivity contribution in [1.82, 2.24) is 0 Å². The van der Waals surface area contributed by atoms with Gasteiger partial charge in [0.2, 0.25) is 0 Å². The smallest absolute Gasteiger partial charge is 0.121 e. The molecule has 0 saturated heterocycles. The molecule has 1 aliphatic carbocycles. The summed E-state index contributed by atoms with van der Waals surface area (Å²) in [5, 5.41) is 0.883. The van der Waals surface area contributed by atoms with Gasteiger partial charge in [0.25, 0.3) is 0 Å². The van der Waals surface area contributed by atoms with Crippen LogP contribution in [0.4, 0.5) is 0 Å². The topological polar surface area (TPSA) is 17.1 Å². The van der Waals surface area contributed by atoms with Crippen LogP contribution in [0.25, 0.3) is 0 Å². The van der Waals surface area contributed by atoms with E-state index in [1.165, 1.54) is 18.4 Å². The van der Waals surface area contributed by atoms with Crippen LogP contribution in [0.2, 0.25) is 0 Å². The lowest BCUT2D eigenvalue weighted by molar-refractivity contribution is -0.107. The number of hydrogen-bond acceptors (Lipinski definition) is 2. The zero-order valence-electron chi connectivity index (χ0n) is 13.0. The van der Waals surface area contributed by atoms with Crippen LogP contribution in [0.15, 0.2) is 23.8 Å². The lowest BCUT2D eigenvalue weighted by Crippen LogP contribution is -2.26. The first-order chi connectivity index (χ1) is 8.86. The average Bonchev–Trinajstić information content (AvgIpc) is 2.27. The van der Waals surface area contributed by atoms with E-state index in [2.05, 4.69) is 52.8 Å². The lowest BCUT2D eigenvalue weighted by Gasteiger charge is -2.37. The van der Waals surface area contributed by atoms with Crippen molar-refractivity contribution in [2.75, 3.05) is 0 Å². The molecule has 0 heterocycles. The number of carbonyl (C=O) groups is 1. The number of hydrogen-bond donors (Lipinski definition) is 0. The highest BCUT2D eigenvalue weighted by Gasteiger charge is 2.30. The Morgan fingerprint density at radius 2 is 2.16 bits per heavy atom. The van der Waals surface area contributed by atoms with Gasteiger partial charge in [0, 0.05) is 22.8 Å². The Labute approximate surface area is 122 Å². The molecule has 0 fully saturated rings. The first-order valence-corrected chi connectivity index (χ1v) is 8.25. The minimum atomic E-state index is 0.369. The molecule has 3 unspecified atom stereocenters. The molecule has 0 amide bonds. The van der Waals surface area contributed by atoms with Crippen molar-refractivity contribution in [2.24, 2.45) is 11.3 Å². The van der Waals surface area contributed by atoms with Crippen molar-refractivity contribution in [1.29, 1.82) is 0 Å². The van der Waals surface area contributed by atoms with Crippen LogP contribution in [0.1, 0.15) is 53.9 Å². The molecule has 108 valence electrons. The number of thioether (sulfide) groups is 1. The number of allylic oxidation sites excluding steroid dienone is 3. The van der Waals surface area contributed by atoms with Gasteiger partial charge in [0.05, 0.1) is 0 Å². The molecule has 0 aromatic heterocycles. The fraction of sp³-hybridized carbons (Fsp3) is 0.706. The predicted octanol–water partition coefficient (Wildman–Crippen LogP) is 5.02. The maximum Gasteiger partial charge on any atom is 0.121 e. The third-order valence-corrected chi connectivity index (χ3v) is 5.28. The van der Waals surface area contributed by atoms with Crippen LogP contribution in [-0.2, 0) is 4.79 Å². The van der Waals surface area contributed by atoms with Gasteiger partial charge < -0.3 is 4.79 Å². The SMILES string of the molecule is CC1=CCCC(C)(C)C1/C=C/C(C)SC(C)CC=O. The summed E-state index contributed by atoms with van der Waals surface area (Å²) in [7, 11) is 0. The number of carbonyl (C=O) groups excluding carboxylic acids is 1. The van der Waals surface area contributed by atoms with Crippen LogP contribution in [-0.4, -0.2) is 16.8 Å². The normalized spacial score (nSPS) is 25.9. The van der Waals surface area contributed by atoms with Crippen LogP contribution < -0.4 is 0 Å². The maximum atomic E-state index is 10.5. The third kappa shape index (κ3) is 5.18. The van der Waals surface area contributed by atoms with E-state index in [0.717, 1.165) is 6.29 Å². The first-order valence-electron chi connectivity index (χ1n) is 7.31. The fourth-order valence-electron chi connectivity index (χ4n) is 2.85. The standard InChI is InChI=1S/C17H28OS/c1-13-7-6-11-17(4,5)16(13)9-8-14(2)19-15(3)10-12-18/h7-9,12,14-16H,6,10-11H2,1-5H3/b9-8+. The summed E-state index contributed by atoms with van der Waals surface area (Å²) >= 11 is 1.88. The summed E-state index contributed by atoms with van der Waals surface area (Å²) in [4.78, 5) is 10.5. The van der Waals surface area contributed by atoms with Gasteiger partial charge in [0.1, 0.15) is 6.29 Å². The van der Waals surface area contributed by atoms with Gasteiger partial charge in [-0.25, -0.2) is 0 Å². The molecule has 1 nitrogen and oxygen atoms in total. The molecular formula is C17H28OS. The molecule has 0 bridgehead atoms. The molecule has 1 rings (SSSR count). The summed E-state index contributed by atoms with van der Waals surface area (Å²) in [6, 6.07) is 0. The van der Waals surface area contributed by atoms with E-state index in [1.54, 1.807) is 0 Å². The molecule has 1 aliphatic rings. The third-order valence-electron chi connectivity index (χ3n) is 4.04. The highest BCUT2D eigenvalue weighted by Crippen LogP contribution is 2.41. The zero-order valence-corrected chi connectivity index (χ0v) is 13.8. The molecule has 0 N–H and O–H groups in total. The molecule has 0 aromatic rings. The number of aldehydes is 1. The molecule has 2 heteroatoms. The average molecular weight is 280 g/mol. The second-order valence-electron chi connectivity index (χ2n) is 6.39.